The van der Waals surface area contributed by atoms with E-state index in [1.165, 1.54) is 0 Å². The van der Waals surface area contributed by atoms with Gasteiger partial charge in [-0.25, -0.2) is 4.68 Å². The van der Waals surface area contributed by atoms with Crippen LogP contribution in [0.1, 0.15) is 11.3 Å². The number of hydrogen-bond donors (Lipinski definition) is 0. The molecule has 0 unspecified atom stereocenters. The van der Waals surface area contributed by atoms with Crippen molar-refractivity contribution in [2.45, 2.75) is 6.92 Å². The summed E-state index contributed by atoms with van der Waals surface area (Å²) < 4.78 is 12.3. The van der Waals surface area contributed by atoms with Crippen molar-refractivity contribution >= 4 is 17.8 Å². The van der Waals surface area contributed by atoms with Crippen LogP contribution in [0.4, 0.5) is 5.82 Å². The number of ether oxygens (including phenoxy) is 2. The SMILES string of the molecule is COc1ccc(/C=C/C(=O)N2CCN(c3ccc(-n4ccc(C)n4)nn3)CC2)cc1OC. The number of piperazine rings is 1. The van der Waals surface area contributed by atoms with E-state index >= 15 is 0 Å². The molecule has 4 rings (SSSR count). The zero-order chi connectivity index (χ0) is 22.5. The number of anilines is 1. The minimum absolute atomic E-state index is 0.0186. The van der Waals surface area contributed by atoms with Crippen LogP contribution in [0.3, 0.4) is 0 Å². The summed E-state index contributed by atoms with van der Waals surface area (Å²) in [6.07, 6.45) is 5.24. The zero-order valence-electron chi connectivity index (χ0n) is 18.4. The Bertz CT molecular complexity index is 1100. The van der Waals surface area contributed by atoms with Crippen molar-refractivity contribution in [3.63, 3.8) is 0 Å². The molecule has 32 heavy (non-hydrogen) atoms. The summed E-state index contributed by atoms with van der Waals surface area (Å²) >= 11 is 0. The van der Waals surface area contributed by atoms with Crippen molar-refractivity contribution < 1.29 is 14.3 Å². The van der Waals surface area contributed by atoms with Crippen molar-refractivity contribution in [1.82, 2.24) is 24.9 Å². The van der Waals surface area contributed by atoms with Crippen LogP contribution in [-0.2, 0) is 4.79 Å². The number of aryl methyl sites for hydroxylation is 1. The summed E-state index contributed by atoms with van der Waals surface area (Å²) in [7, 11) is 3.18. The summed E-state index contributed by atoms with van der Waals surface area (Å²) in [4.78, 5) is 16.6. The van der Waals surface area contributed by atoms with Gasteiger partial charge in [-0.1, -0.05) is 6.07 Å². The number of nitrogens with zero attached hydrogens (tertiary/aromatic N) is 6. The van der Waals surface area contributed by atoms with E-state index in [2.05, 4.69) is 20.2 Å². The molecule has 1 aromatic carbocycles. The molecule has 0 bridgehead atoms. The molecular formula is C23H26N6O3. The fourth-order valence-electron chi connectivity index (χ4n) is 3.54. The number of benzene rings is 1. The van der Waals surface area contributed by atoms with Gasteiger partial charge in [-0.3, -0.25) is 4.79 Å². The average molecular weight is 435 g/mol. The second-order valence-electron chi connectivity index (χ2n) is 7.41. The number of methoxy groups -OCH3 is 2. The molecule has 166 valence electrons. The fraction of sp³-hybridized carbons (Fsp3) is 0.304. The zero-order valence-corrected chi connectivity index (χ0v) is 18.4. The first-order chi connectivity index (χ1) is 15.6. The molecule has 0 N–H and O–H groups in total. The molecule has 0 atom stereocenters. The number of amides is 1. The highest BCUT2D eigenvalue weighted by Gasteiger charge is 2.21. The molecule has 1 amide bonds. The van der Waals surface area contributed by atoms with E-state index < -0.39 is 0 Å². The monoisotopic (exact) mass is 434 g/mol. The fourth-order valence-corrected chi connectivity index (χ4v) is 3.54. The van der Waals surface area contributed by atoms with E-state index in [0.29, 0.717) is 43.5 Å². The van der Waals surface area contributed by atoms with Crippen molar-refractivity contribution in [2.75, 3.05) is 45.3 Å². The molecule has 0 saturated carbocycles. The molecule has 3 heterocycles. The predicted octanol–water partition coefficient (Wildman–Crippen LogP) is 2.35. The summed E-state index contributed by atoms with van der Waals surface area (Å²) in [5, 5.41) is 13.0. The predicted molar refractivity (Wildman–Crippen MR) is 121 cm³/mol. The van der Waals surface area contributed by atoms with Crippen molar-refractivity contribution in [3.05, 3.63) is 59.9 Å². The maximum atomic E-state index is 12.6. The lowest BCUT2D eigenvalue weighted by Crippen LogP contribution is -2.48. The highest BCUT2D eigenvalue weighted by molar-refractivity contribution is 5.92. The highest BCUT2D eigenvalue weighted by Crippen LogP contribution is 2.28. The van der Waals surface area contributed by atoms with E-state index in [-0.39, 0.29) is 5.91 Å². The molecule has 0 aliphatic carbocycles. The smallest absolute Gasteiger partial charge is 0.246 e. The molecule has 9 nitrogen and oxygen atoms in total. The standard InChI is InChI=1S/C23H26N6O3/c1-17-10-11-29(26-17)22-8-7-21(24-25-22)27-12-14-28(15-13-27)23(30)9-5-18-4-6-19(31-2)20(16-18)32-3/h4-11,16H,12-15H2,1-3H3/b9-5+. The van der Waals surface area contributed by atoms with Crippen LogP contribution in [0.5, 0.6) is 11.5 Å². The number of aromatic nitrogens is 4. The molecular weight excluding hydrogens is 408 g/mol. The number of rotatable bonds is 6. The summed E-state index contributed by atoms with van der Waals surface area (Å²) in [6, 6.07) is 11.3. The van der Waals surface area contributed by atoms with Gasteiger partial charge in [0.2, 0.25) is 5.91 Å². The van der Waals surface area contributed by atoms with E-state index in [1.807, 2.05) is 54.4 Å². The Kier molecular flexibility index (Phi) is 6.34. The highest BCUT2D eigenvalue weighted by atomic mass is 16.5. The largest absolute Gasteiger partial charge is 0.493 e. The van der Waals surface area contributed by atoms with Gasteiger partial charge in [-0.2, -0.15) is 5.10 Å². The number of carbonyl (C=O) groups excluding carboxylic acids is 1. The quantitative estimate of drug-likeness (QED) is 0.551. The van der Waals surface area contributed by atoms with Gasteiger partial charge < -0.3 is 19.3 Å². The lowest BCUT2D eigenvalue weighted by molar-refractivity contribution is -0.126. The van der Waals surface area contributed by atoms with Gasteiger partial charge in [0.15, 0.2) is 23.1 Å². The third-order valence-corrected chi connectivity index (χ3v) is 5.33. The molecule has 9 heteroatoms. The molecule has 0 spiro atoms. The molecule has 1 saturated heterocycles. The van der Waals surface area contributed by atoms with Gasteiger partial charge in [0, 0.05) is 38.5 Å². The summed E-state index contributed by atoms with van der Waals surface area (Å²) in [5.41, 5.74) is 1.80. The van der Waals surface area contributed by atoms with Crippen LogP contribution >= 0.6 is 0 Å². The van der Waals surface area contributed by atoms with E-state index in [4.69, 9.17) is 9.47 Å². The van der Waals surface area contributed by atoms with Crippen LogP contribution in [0.25, 0.3) is 11.9 Å². The van der Waals surface area contributed by atoms with Gasteiger partial charge >= 0.3 is 0 Å². The third-order valence-electron chi connectivity index (χ3n) is 5.33. The second-order valence-corrected chi connectivity index (χ2v) is 7.41. The maximum absolute atomic E-state index is 12.6. The normalized spacial score (nSPS) is 14.1. The van der Waals surface area contributed by atoms with Crippen LogP contribution < -0.4 is 14.4 Å². The van der Waals surface area contributed by atoms with E-state index in [9.17, 15) is 4.79 Å². The summed E-state index contributed by atoms with van der Waals surface area (Å²) in [6.45, 7) is 4.57. The van der Waals surface area contributed by atoms with E-state index in [1.54, 1.807) is 31.1 Å². The number of carbonyl (C=O) groups is 1. The Morgan fingerprint density at radius 2 is 1.66 bits per heavy atom. The van der Waals surface area contributed by atoms with Gasteiger partial charge in [0.1, 0.15) is 0 Å². The lowest BCUT2D eigenvalue weighted by atomic mass is 10.2. The van der Waals surface area contributed by atoms with Gasteiger partial charge in [0.05, 0.1) is 19.9 Å². The van der Waals surface area contributed by atoms with Gasteiger partial charge in [0.25, 0.3) is 0 Å². The molecule has 0 radical (unpaired) electrons. The first-order valence-corrected chi connectivity index (χ1v) is 10.4. The first kappa shape index (κ1) is 21.4. The average Bonchev–Trinajstić information content (AvgIpc) is 3.28. The Hall–Kier alpha value is -3.88. The second kappa shape index (κ2) is 9.51. The first-order valence-electron chi connectivity index (χ1n) is 10.4. The molecule has 1 fully saturated rings. The van der Waals surface area contributed by atoms with Crippen LogP contribution in [-0.4, -0.2) is 71.2 Å². The minimum Gasteiger partial charge on any atom is -0.493 e. The Balaban J connectivity index is 1.33. The Morgan fingerprint density at radius 1 is 0.938 bits per heavy atom. The minimum atomic E-state index is -0.0186. The molecule has 3 aromatic rings. The van der Waals surface area contributed by atoms with Gasteiger partial charge in [-0.05, 0) is 48.9 Å². The Morgan fingerprint density at radius 3 is 2.28 bits per heavy atom. The maximum Gasteiger partial charge on any atom is 0.246 e. The lowest BCUT2D eigenvalue weighted by Gasteiger charge is -2.34. The topological polar surface area (TPSA) is 85.6 Å². The third kappa shape index (κ3) is 4.72. The van der Waals surface area contributed by atoms with Crippen molar-refractivity contribution in [3.8, 4) is 17.3 Å². The van der Waals surface area contributed by atoms with Crippen LogP contribution in [0.2, 0.25) is 0 Å². The molecule has 2 aromatic heterocycles. The molecule has 1 aliphatic rings. The Labute approximate surface area is 186 Å². The molecule has 1 aliphatic heterocycles. The van der Waals surface area contributed by atoms with Crippen molar-refractivity contribution in [2.24, 2.45) is 0 Å². The summed E-state index contributed by atoms with van der Waals surface area (Å²) in [5.74, 6) is 2.74. The van der Waals surface area contributed by atoms with Gasteiger partial charge in [-0.15, -0.1) is 10.2 Å². The van der Waals surface area contributed by atoms with Crippen LogP contribution in [0, 0.1) is 6.92 Å². The van der Waals surface area contributed by atoms with E-state index in [0.717, 1.165) is 17.1 Å². The van der Waals surface area contributed by atoms with Crippen molar-refractivity contribution in [1.29, 1.82) is 0 Å². The number of hydrogen-bond acceptors (Lipinski definition) is 7. The van der Waals surface area contributed by atoms with Crippen LogP contribution in [0.15, 0.2) is 48.7 Å².